The lowest BCUT2D eigenvalue weighted by Crippen LogP contribution is -2.04. The predicted octanol–water partition coefficient (Wildman–Crippen LogP) is 2.96. The fourth-order valence-electron chi connectivity index (χ4n) is 1.44. The first-order chi connectivity index (χ1) is 7.74. The molecule has 0 fully saturated rings. The highest BCUT2D eigenvalue weighted by Crippen LogP contribution is 2.26. The van der Waals surface area contributed by atoms with Crippen LogP contribution in [-0.4, -0.2) is 14.6 Å². The molecule has 0 saturated carbocycles. The third-order valence-electron chi connectivity index (χ3n) is 2.22. The van der Waals surface area contributed by atoms with Gasteiger partial charge in [-0.3, -0.25) is 0 Å². The number of nitrogens with two attached hydrogens (primary N) is 1. The van der Waals surface area contributed by atoms with Crippen molar-refractivity contribution < 1.29 is 0 Å². The molecule has 4 nitrogen and oxygen atoms in total. The molecular weight excluding hydrogens is 276 g/mol. The Hall–Kier alpha value is -0.950. The van der Waals surface area contributed by atoms with Gasteiger partial charge in [0.25, 0.3) is 0 Å². The highest BCUT2D eigenvalue weighted by molar-refractivity contribution is 7.16. The summed E-state index contributed by atoms with van der Waals surface area (Å²) in [6.07, 6.45) is 1.95. The van der Waals surface area contributed by atoms with Crippen LogP contribution in [0, 0.1) is 0 Å². The Bertz CT molecular complexity index is 580. The van der Waals surface area contributed by atoms with Crippen molar-refractivity contribution in [1.29, 1.82) is 0 Å². The summed E-state index contributed by atoms with van der Waals surface area (Å²) in [4.78, 5) is 6.60. The maximum Gasteiger partial charge on any atom is 0.212 e. The standard InChI is InChI=1S/C10H10N4S2.ClH/c1-6(11)9-13-14-5-7(12-10(14)16-9)8-3-2-4-15-8;/h2-6H,11H2,1H3;1H. The average Bonchev–Trinajstić information content (AvgIpc) is 2.91. The summed E-state index contributed by atoms with van der Waals surface area (Å²) in [6.45, 7) is 1.93. The number of rotatable bonds is 2. The second-order valence-electron chi connectivity index (χ2n) is 3.56. The molecule has 0 amide bonds. The van der Waals surface area contributed by atoms with Crippen LogP contribution >= 0.6 is 35.1 Å². The molecule has 90 valence electrons. The molecule has 0 saturated heterocycles. The van der Waals surface area contributed by atoms with Gasteiger partial charge in [-0.1, -0.05) is 17.4 Å². The first-order valence-electron chi connectivity index (χ1n) is 4.89. The maximum absolute atomic E-state index is 5.78. The van der Waals surface area contributed by atoms with Gasteiger partial charge in [0.2, 0.25) is 4.96 Å². The lowest BCUT2D eigenvalue weighted by atomic mass is 10.4. The quantitative estimate of drug-likeness (QED) is 0.788. The molecule has 0 aliphatic carbocycles. The molecule has 0 radical (unpaired) electrons. The summed E-state index contributed by atoms with van der Waals surface area (Å²) >= 11 is 3.23. The van der Waals surface area contributed by atoms with Gasteiger partial charge in [-0.05, 0) is 18.4 Å². The van der Waals surface area contributed by atoms with Gasteiger partial charge in [0.05, 0.1) is 17.1 Å². The number of halogens is 1. The van der Waals surface area contributed by atoms with Gasteiger partial charge in [0.1, 0.15) is 10.7 Å². The number of thiophene rings is 1. The topological polar surface area (TPSA) is 56.2 Å². The number of nitrogens with zero attached hydrogens (tertiary/aromatic N) is 3. The summed E-state index contributed by atoms with van der Waals surface area (Å²) in [5.74, 6) is 0. The van der Waals surface area contributed by atoms with Gasteiger partial charge in [0, 0.05) is 0 Å². The zero-order valence-corrected chi connectivity index (χ0v) is 11.5. The lowest BCUT2D eigenvalue weighted by molar-refractivity contribution is 0.769. The third kappa shape index (κ3) is 2.21. The lowest BCUT2D eigenvalue weighted by Gasteiger charge is -1.95. The largest absolute Gasteiger partial charge is 0.322 e. The van der Waals surface area contributed by atoms with Crippen molar-refractivity contribution in [3.63, 3.8) is 0 Å². The van der Waals surface area contributed by atoms with Crippen molar-refractivity contribution in [1.82, 2.24) is 14.6 Å². The van der Waals surface area contributed by atoms with Gasteiger partial charge in [-0.2, -0.15) is 5.10 Å². The number of hydrogen-bond donors (Lipinski definition) is 1. The van der Waals surface area contributed by atoms with E-state index in [1.165, 1.54) is 4.88 Å². The van der Waals surface area contributed by atoms with E-state index in [1.54, 1.807) is 27.2 Å². The molecule has 0 bridgehead atoms. The molecule has 3 rings (SSSR count). The minimum absolute atomic E-state index is 0. The summed E-state index contributed by atoms with van der Waals surface area (Å²) in [7, 11) is 0. The van der Waals surface area contributed by atoms with Crippen LogP contribution in [0.15, 0.2) is 23.7 Å². The fourth-order valence-corrected chi connectivity index (χ4v) is 2.96. The van der Waals surface area contributed by atoms with E-state index in [1.807, 2.05) is 24.6 Å². The Morgan fingerprint density at radius 1 is 1.47 bits per heavy atom. The Morgan fingerprint density at radius 3 is 2.88 bits per heavy atom. The first-order valence-corrected chi connectivity index (χ1v) is 6.59. The highest BCUT2D eigenvalue weighted by Gasteiger charge is 2.11. The van der Waals surface area contributed by atoms with Crippen molar-refractivity contribution in [2.24, 2.45) is 5.73 Å². The molecule has 3 aromatic heterocycles. The van der Waals surface area contributed by atoms with E-state index >= 15 is 0 Å². The Labute approximate surface area is 113 Å². The van der Waals surface area contributed by atoms with Crippen molar-refractivity contribution in [2.45, 2.75) is 13.0 Å². The van der Waals surface area contributed by atoms with E-state index in [9.17, 15) is 0 Å². The molecular formula is C10H11ClN4S2. The molecule has 2 N–H and O–H groups in total. The van der Waals surface area contributed by atoms with E-state index in [0.29, 0.717) is 0 Å². The minimum Gasteiger partial charge on any atom is -0.322 e. The van der Waals surface area contributed by atoms with E-state index in [4.69, 9.17) is 5.73 Å². The smallest absolute Gasteiger partial charge is 0.212 e. The van der Waals surface area contributed by atoms with E-state index in [-0.39, 0.29) is 18.4 Å². The number of hydrogen-bond acceptors (Lipinski definition) is 5. The first kappa shape index (κ1) is 12.5. The summed E-state index contributed by atoms with van der Waals surface area (Å²) in [5.41, 5.74) is 6.76. The van der Waals surface area contributed by atoms with Crippen molar-refractivity contribution in [3.05, 3.63) is 28.7 Å². The second kappa shape index (κ2) is 4.73. The Morgan fingerprint density at radius 2 is 2.29 bits per heavy atom. The molecule has 1 unspecified atom stereocenters. The fraction of sp³-hybridized carbons (Fsp3) is 0.200. The van der Waals surface area contributed by atoms with Crippen LogP contribution in [0.2, 0.25) is 0 Å². The molecule has 7 heteroatoms. The van der Waals surface area contributed by atoms with Gasteiger partial charge >= 0.3 is 0 Å². The van der Waals surface area contributed by atoms with Crippen LogP contribution < -0.4 is 5.73 Å². The normalized spacial score (nSPS) is 12.6. The molecule has 3 aromatic rings. The summed E-state index contributed by atoms with van der Waals surface area (Å²) < 4.78 is 1.80. The summed E-state index contributed by atoms with van der Waals surface area (Å²) in [5, 5.41) is 7.36. The number of aromatic nitrogens is 3. The van der Waals surface area contributed by atoms with Crippen LogP contribution in [0.5, 0.6) is 0 Å². The summed E-state index contributed by atoms with van der Waals surface area (Å²) in [6, 6.07) is 4.05. The van der Waals surface area contributed by atoms with Gasteiger partial charge in [0.15, 0.2) is 0 Å². The monoisotopic (exact) mass is 286 g/mol. The second-order valence-corrected chi connectivity index (χ2v) is 5.49. The van der Waals surface area contributed by atoms with E-state index in [0.717, 1.165) is 15.7 Å². The van der Waals surface area contributed by atoms with Gasteiger partial charge < -0.3 is 5.73 Å². The van der Waals surface area contributed by atoms with Crippen LogP contribution in [-0.2, 0) is 0 Å². The van der Waals surface area contributed by atoms with Gasteiger partial charge in [-0.25, -0.2) is 9.50 Å². The molecule has 0 aliphatic rings. The zero-order chi connectivity index (χ0) is 11.1. The molecule has 3 heterocycles. The number of fused-ring (bicyclic) bond motifs is 1. The third-order valence-corrected chi connectivity index (χ3v) is 4.24. The van der Waals surface area contributed by atoms with Gasteiger partial charge in [-0.15, -0.1) is 23.7 Å². The van der Waals surface area contributed by atoms with Crippen molar-refractivity contribution in [2.75, 3.05) is 0 Å². The van der Waals surface area contributed by atoms with Crippen LogP contribution in [0.25, 0.3) is 15.5 Å². The minimum atomic E-state index is -0.0307. The molecule has 0 aromatic carbocycles. The van der Waals surface area contributed by atoms with E-state index < -0.39 is 0 Å². The van der Waals surface area contributed by atoms with Crippen LogP contribution in [0.1, 0.15) is 18.0 Å². The zero-order valence-electron chi connectivity index (χ0n) is 9.03. The number of imidazole rings is 1. The molecule has 17 heavy (non-hydrogen) atoms. The molecule has 0 spiro atoms. The highest BCUT2D eigenvalue weighted by atomic mass is 35.5. The van der Waals surface area contributed by atoms with Crippen molar-refractivity contribution >= 4 is 40.0 Å². The van der Waals surface area contributed by atoms with Crippen LogP contribution in [0.3, 0.4) is 0 Å². The van der Waals surface area contributed by atoms with Crippen LogP contribution in [0.4, 0.5) is 0 Å². The molecule has 0 aliphatic heterocycles. The van der Waals surface area contributed by atoms with Crippen molar-refractivity contribution in [3.8, 4) is 10.6 Å². The SMILES string of the molecule is CC(N)c1nn2cc(-c3cccs3)nc2s1.Cl. The van der Waals surface area contributed by atoms with E-state index in [2.05, 4.69) is 16.1 Å². The average molecular weight is 287 g/mol. The predicted molar refractivity (Wildman–Crippen MR) is 74.0 cm³/mol. The Kier molecular flexibility index (Phi) is 3.48. The Balaban J connectivity index is 0.00000108. The maximum atomic E-state index is 5.78. The molecule has 1 atom stereocenters.